The fourth-order valence-corrected chi connectivity index (χ4v) is 2.27. The van der Waals surface area contributed by atoms with Crippen LogP contribution in [0.2, 0.25) is 0 Å². The summed E-state index contributed by atoms with van der Waals surface area (Å²) in [6, 6.07) is 6.06. The van der Waals surface area contributed by atoms with Crippen molar-refractivity contribution in [3.63, 3.8) is 0 Å². The van der Waals surface area contributed by atoms with Crippen molar-refractivity contribution in [3.05, 3.63) is 28.5 Å². The number of ether oxygens (including phenoxy) is 1. The van der Waals surface area contributed by atoms with Gasteiger partial charge in [0.1, 0.15) is 5.41 Å². The minimum atomic E-state index is -0.555. The normalized spacial score (nSPS) is 26.0. The third-order valence-corrected chi connectivity index (χ3v) is 3.09. The molecule has 1 aromatic heterocycles. The van der Waals surface area contributed by atoms with E-state index in [2.05, 4.69) is 27.0 Å². The van der Waals surface area contributed by atoms with E-state index in [1.165, 1.54) is 0 Å². The van der Waals surface area contributed by atoms with Gasteiger partial charge in [-0.3, -0.25) is 4.98 Å². The number of nitriles is 1. The molecule has 1 aromatic rings. The van der Waals surface area contributed by atoms with Gasteiger partial charge >= 0.3 is 0 Å². The molecule has 1 aliphatic heterocycles. The molecule has 0 N–H and O–H groups in total. The summed E-state index contributed by atoms with van der Waals surface area (Å²) in [5.41, 5.74) is 0.236. The van der Waals surface area contributed by atoms with E-state index in [1.807, 2.05) is 12.1 Å². The van der Waals surface area contributed by atoms with Gasteiger partial charge in [-0.1, -0.05) is 0 Å². The highest BCUT2D eigenvalue weighted by Crippen LogP contribution is 2.35. The first-order valence-electron chi connectivity index (χ1n) is 4.38. The monoisotopic (exact) mass is 252 g/mol. The van der Waals surface area contributed by atoms with Gasteiger partial charge in [-0.15, -0.1) is 0 Å². The third-order valence-electron chi connectivity index (χ3n) is 2.45. The van der Waals surface area contributed by atoms with Crippen LogP contribution in [0.4, 0.5) is 0 Å². The first kappa shape index (κ1) is 9.63. The highest BCUT2D eigenvalue weighted by atomic mass is 79.9. The topological polar surface area (TPSA) is 45.9 Å². The molecule has 0 aromatic carbocycles. The SMILES string of the molecule is N#CC1(c2ncccc2Br)CCOC1. The van der Waals surface area contributed by atoms with E-state index in [0.717, 1.165) is 16.6 Å². The molecule has 4 heteroatoms. The summed E-state index contributed by atoms with van der Waals surface area (Å²) in [6.45, 7) is 1.08. The molecule has 1 atom stereocenters. The van der Waals surface area contributed by atoms with Crippen molar-refractivity contribution in [1.82, 2.24) is 4.98 Å². The maximum Gasteiger partial charge on any atom is 0.126 e. The summed E-state index contributed by atoms with van der Waals surface area (Å²) < 4.78 is 6.16. The number of halogens is 1. The Morgan fingerprint density at radius 3 is 3.07 bits per heavy atom. The number of rotatable bonds is 1. The summed E-state index contributed by atoms with van der Waals surface area (Å²) in [5.74, 6) is 0. The minimum Gasteiger partial charge on any atom is -0.379 e. The second-order valence-electron chi connectivity index (χ2n) is 3.33. The average Bonchev–Trinajstić information content (AvgIpc) is 2.68. The van der Waals surface area contributed by atoms with E-state index in [1.54, 1.807) is 6.20 Å². The standard InChI is InChI=1S/C10H9BrN2O/c11-8-2-1-4-13-9(8)10(6-12)3-5-14-7-10/h1-2,4H,3,5,7H2. The Bertz CT molecular complexity index is 380. The fourth-order valence-electron chi connectivity index (χ4n) is 1.63. The van der Waals surface area contributed by atoms with Crippen LogP contribution in [-0.4, -0.2) is 18.2 Å². The quantitative estimate of drug-likeness (QED) is 0.769. The zero-order chi connectivity index (χ0) is 10.0. The lowest BCUT2D eigenvalue weighted by Gasteiger charge is -2.18. The van der Waals surface area contributed by atoms with Crippen LogP contribution in [-0.2, 0) is 10.2 Å². The number of aromatic nitrogens is 1. The second kappa shape index (κ2) is 3.68. The summed E-state index contributed by atoms with van der Waals surface area (Å²) in [6.07, 6.45) is 2.43. The predicted octanol–water partition coefficient (Wildman–Crippen LogP) is 2.03. The van der Waals surface area contributed by atoms with Crippen molar-refractivity contribution in [2.24, 2.45) is 0 Å². The molecular formula is C10H9BrN2O. The van der Waals surface area contributed by atoms with E-state index in [9.17, 15) is 5.26 Å². The van der Waals surface area contributed by atoms with Crippen LogP contribution in [0.25, 0.3) is 0 Å². The van der Waals surface area contributed by atoms with Crippen molar-refractivity contribution in [2.45, 2.75) is 11.8 Å². The molecule has 0 amide bonds. The molecule has 0 aliphatic carbocycles. The first-order valence-corrected chi connectivity index (χ1v) is 5.18. The maximum absolute atomic E-state index is 9.20. The minimum absolute atomic E-state index is 0.444. The van der Waals surface area contributed by atoms with Crippen molar-refractivity contribution in [1.29, 1.82) is 5.26 Å². The summed E-state index contributed by atoms with van der Waals surface area (Å²) >= 11 is 3.41. The van der Waals surface area contributed by atoms with E-state index in [0.29, 0.717) is 13.2 Å². The zero-order valence-corrected chi connectivity index (χ0v) is 9.12. The number of pyridine rings is 1. The molecule has 3 nitrogen and oxygen atoms in total. The molecule has 14 heavy (non-hydrogen) atoms. The Balaban J connectivity index is 2.47. The average molecular weight is 253 g/mol. The molecule has 2 rings (SSSR count). The summed E-state index contributed by atoms with van der Waals surface area (Å²) in [7, 11) is 0. The Morgan fingerprint density at radius 2 is 2.50 bits per heavy atom. The molecule has 1 fully saturated rings. The van der Waals surface area contributed by atoms with Gasteiger partial charge in [0.15, 0.2) is 0 Å². The largest absolute Gasteiger partial charge is 0.379 e. The Morgan fingerprint density at radius 1 is 1.64 bits per heavy atom. The van der Waals surface area contributed by atoms with Crippen LogP contribution in [0.3, 0.4) is 0 Å². The van der Waals surface area contributed by atoms with Gasteiger partial charge < -0.3 is 4.74 Å². The first-order chi connectivity index (χ1) is 6.78. The van der Waals surface area contributed by atoms with Crippen LogP contribution in [0.5, 0.6) is 0 Å². The molecular weight excluding hydrogens is 244 g/mol. The van der Waals surface area contributed by atoms with Gasteiger partial charge in [-0.05, 0) is 34.5 Å². The molecule has 0 spiro atoms. The van der Waals surface area contributed by atoms with Crippen LogP contribution in [0, 0.1) is 11.3 Å². The van der Waals surface area contributed by atoms with Gasteiger partial charge in [0.05, 0.1) is 18.4 Å². The highest BCUT2D eigenvalue weighted by Gasteiger charge is 2.39. The molecule has 1 unspecified atom stereocenters. The molecule has 1 saturated heterocycles. The van der Waals surface area contributed by atoms with E-state index in [4.69, 9.17) is 4.74 Å². The predicted molar refractivity (Wildman–Crippen MR) is 54.7 cm³/mol. The highest BCUT2D eigenvalue weighted by molar-refractivity contribution is 9.10. The number of hydrogen-bond donors (Lipinski definition) is 0. The van der Waals surface area contributed by atoms with Gasteiger partial charge in [-0.2, -0.15) is 5.26 Å². The molecule has 0 radical (unpaired) electrons. The Hall–Kier alpha value is -0.920. The zero-order valence-electron chi connectivity index (χ0n) is 7.53. The molecule has 0 saturated carbocycles. The maximum atomic E-state index is 9.20. The van der Waals surface area contributed by atoms with Gasteiger partial charge in [0, 0.05) is 17.3 Å². The molecule has 1 aliphatic rings. The van der Waals surface area contributed by atoms with Crippen molar-refractivity contribution < 1.29 is 4.74 Å². The molecule has 2 heterocycles. The van der Waals surface area contributed by atoms with Gasteiger partial charge in [0.2, 0.25) is 0 Å². The van der Waals surface area contributed by atoms with E-state index < -0.39 is 5.41 Å². The lowest BCUT2D eigenvalue weighted by atomic mass is 9.85. The summed E-state index contributed by atoms with van der Waals surface area (Å²) in [5, 5.41) is 9.20. The lowest BCUT2D eigenvalue weighted by molar-refractivity contribution is 0.185. The second-order valence-corrected chi connectivity index (χ2v) is 4.18. The fraction of sp³-hybridized carbons (Fsp3) is 0.400. The third kappa shape index (κ3) is 1.43. The van der Waals surface area contributed by atoms with Crippen molar-refractivity contribution in [3.8, 4) is 6.07 Å². The van der Waals surface area contributed by atoms with Crippen LogP contribution >= 0.6 is 15.9 Å². The molecule has 0 bridgehead atoms. The molecule has 72 valence electrons. The van der Waals surface area contributed by atoms with Gasteiger partial charge in [0.25, 0.3) is 0 Å². The Kier molecular flexibility index (Phi) is 2.53. The summed E-state index contributed by atoms with van der Waals surface area (Å²) in [4.78, 5) is 4.25. The Labute approximate surface area is 90.8 Å². The van der Waals surface area contributed by atoms with Gasteiger partial charge in [-0.25, -0.2) is 0 Å². The van der Waals surface area contributed by atoms with Crippen LogP contribution < -0.4 is 0 Å². The van der Waals surface area contributed by atoms with Crippen molar-refractivity contribution >= 4 is 15.9 Å². The van der Waals surface area contributed by atoms with E-state index >= 15 is 0 Å². The van der Waals surface area contributed by atoms with Crippen LogP contribution in [0.1, 0.15) is 12.1 Å². The smallest absolute Gasteiger partial charge is 0.126 e. The van der Waals surface area contributed by atoms with Crippen LogP contribution in [0.15, 0.2) is 22.8 Å². The number of nitrogens with zero attached hydrogens (tertiary/aromatic N) is 2. The lowest BCUT2D eigenvalue weighted by Crippen LogP contribution is -2.26. The van der Waals surface area contributed by atoms with Crippen molar-refractivity contribution in [2.75, 3.05) is 13.2 Å². The van der Waals surface area contributed by atoms with E-state index in [-0.39, 0.29) is 0 Å². The number of hydrogen-bond acceptors (Lipinski definition) is 3.